The first-order valence-electron chi connectivity index (χ1n) is 7.38. The number of esters is 1. The minimum absolute atomic E-state index is 0.342. The van der Waals surface area contributed by atoms with Gasteiger partial charge in [0.25, 0.3) is 0 Å². The van der Waals surface area contributed by atoms with E-state index in [0.29, 0.717) is 31.3 Å². The molecule has 0 aliphatic rings. The Hall–Kier alpha value is -1.85. The first-order valence-corrected chi connectivity index (χ1v) is 7.38. The van der Waals surface area contributed by atoms with E-state index in [-0.39, 0.29) is 12.3 Å². The smallest absolute Gasteiger partial charge is 0.308 e. The highest BCUT2D eigenvalue weighted by atomic mass is 16.7. The van der Waals surface area contributed by atoms with Crippen LogP contribution in [0.4, 0.5) is 0 Å². The second-order valence-corrected chi connectivity index (χ2v) is 4.57. The van der Waals surface area contributed by atoms with Gasteiger partial charge in [-0.05, 0) is 44.6 Å². The molecule has 0 aliphatic heterocycles. The van der Waals surface area contributed by atoms with Gasteiger partial charge in [0.1, 0.15) is 18.1 Å². The molecular weight excluding hydrogens is 284 g/mol. The average Bonchev–Trinajstić information content (AvgIpc) is 2.46. The summed E-state index contributed by atoms with van der Waals surface area (Å²) in [5.74, 6) is 0.739. The number of carbonyl (C=O) groups is 1. The number of rotatable bonds is 9. The number of hydrogen-bond acceptors (Lipinski definition) is 5. The predicted octanol–water partition coefficient (Wildman–Crippen LogP) is 3.34. The van der Waals surface area contributed by atoms with Crippen LogP contribution in [0.3, 0.4) is 0 Å². The zero-order valence-electron chi connectivity index (χ0n) is 13.6. The van der Waals surface area contributed by atoms with Gasteiger partial charge >= 0.3 is 5.97 Å². The number of benzene rings is 1. The van der Waals surface area contributed by atoms with Crippen molar-refractivity contribution in [1.82, 2.24) is 0 Å². The van der Waals surface area contributed by atoms with E-state index in [0.717, 1.165) is 5.57 Å². The molecule has 122 valence electrons. The molecule has 0 radical (unpaired) electrons. The number of carbonyl (C=O) groups excluding carboxylic acids is 1. The molecule has 0 unspecified atom stereocenters. The number of hydrogen-bond donors (Lipinski definition) is 0. The zero-order chi connectivity index (χ0) is 16.4. The fourth-order valence-corrected chi connectivity index (χ4v) is 1.77. The molecule has 0 saturated heterocycles. The van der Waals surface area contributed by atoms with Crippen molar-refractivity contribution in [3.63, 3.8) is 0 Å². The fourth-order valence-electron chi connectivity index (χ4n) is 1.77. The molecule has 0 heterocycles. The quantitative estimate of drug-likeness (QED) is 0.303. The van der Waals surface area contributed by atoms with Crippen molar-refractivity contribution in [2.24, 2.45) is 0 Å². The topological polar surface area (TPSA) is 54.0 Å². The van der Waals surface area contributed by atoms with Crippen LogP contribution in [-0.2, 0) is 14.3 Å². The maximum absolute atomic E-state index is 10.9. The van der Waals surface area contributed by atoms with Gasteiger partial charge in [-0.3, -0.25) is 4.79 Å². The van der Waals surface area contributed by atoms with Gasteiger partial charge in [0, 0.05) is 26.2 Å². The normalized spacial score (nSPS) is 11.6. The SMILES string of the molecule is CCOC(OCC)/C(C)=C/COc1cccc(OC(C)=O)c1. The summed E-state index contributed by atoms with van der Waals surface area (Å²) in [6, 6.07) is 6.95. The molecule has 1 aromatic carbocycles. The first kappa shape index (κ1) is 18.2. The molecule has 1 rings (SSSR count). The van der Waals surface area contributed by atoms with E-state index in [1.165, 1.54) is 6.92 Å². The van der Waals surface area contributed by atoms with E-state index >= 15 is 0 Å². The molecule has 0 N–H and O–H groups in total. The Kier molecular flexibility index (Phi) is 8.25. The van der Waals surface area contributed by atoms with Gasteiger partial charge in [0.2, 0.25) is 0 Å². The summed E-state index contributed by atoms with van der Waals surface area (Å²) in [5, 5.41) is 0. The molecule has 5 nitrogen and oxygen atoms in total. The number of ether oxygens (including phenoxy) is 4. The second kappa shape index (κ2) is 9.97. The Morgan fingerprint density at radius 2 is 1.77 bits per heavy atom. The fraction of sp³-hybridized carbons (Fsp3) is 0.471. The summed E-state index contributed by atoms with van der Waals surface area (Å²) in [5.41, 5.74) is 0.958. The molecule has 22 heavy (non-hydrogen) atoms. The molecule has 0 aromatic heterocycles. The Labute approximate surface area is 131 Å². The standard InChI is InChI=1S/C17H24O5/c1-5-19-17(20-6-2)13(3)10-11-21-15-8-7-9-16(12-15)22-14(4)18/h7-10,12,17H,5-6,11H2,1-4H3/b13-10+. The second-order valence-electron chi connectivity index (χ2n) is 4.57. The van der Waals surface area contributed by atoms with E-state index < -0.39 is 0 Å². The highest BCUT2D eigenvalue weighted by molar-refractivity contribution is 5.69. The molecule has 0 spiro atoms. The van der Waals surface area contributed by atoms with Crippen molar-refractivity contribution < 1.29 is 23.7 Å². The van der Waals surface area contributed by atoms with Crippen LogP contribution < -0.4 is 9.47 Å². The monoisotopic (exact) mass is 308 g/mol. The van der Waals surface area contributed by atoms with Gasteiger partial charge in [-0.25, -0.2) is 0 Å². The minimum Gasteiger partial charge on any atom is -0.489 e. The third-order valence-corrected chi connectivity index (χ3v) is 2.73. The van der Waals surface area contributed by atoms with Crippen molar-refractivity contribution in [2.45, 2.75) is 34.0 Å². The van der Waals surface area contributed by atoms with E-state index in [9.17, 15) is 4.79 Å². The van der Waals surface area contributed by atoms with E-state index in [1.54, 1.807) is 24.3 Å². The maximum Gasteiger partial charge on any atom is 0.308 e. The van der Waals surface area contributed by atoms with Crippen LogP contribution in [0.2, 0.25) is 0 Å². The summed E-state index contributed by atoms with van der Waals surface area (Å²) in [6.45, 7) is 8.71. The Balaban J connectivity index is 2.57. The van der Waals surface area contributed by atoms with Gasteiger partial charge in [-0.2, -0.15) is 0 Å². The van der Waals surface area contributed by atoms with Gasteiger partial charge in [0.15, 0.2) is 6.29 Å². The summed E-state index contributed by atoms with van der Waals surface area (Å²) in [4.78, 5) is 10.9. The van der Waals surface area contributed by atoms with Gasteiger partial charge in [0.05, 0.1) is 0 Å². The average molecular weight is 308 g/mol. The lowest BCUT2D eigenvalue weighted by Crippen LogP contribution is -2.19. The minimum atomic E-state index is -0.357. The van der Waals surface area contributed by atoms with Gasteiger partial charge in [-0.15, -0.1) is 0 Å². The maximum atomic E-state index is 10.9. The summed E-state index contributed by atoms with van der Waals surface area (Å²) < 4.78 is 21.6. The third kappa shape index (κ3) is 6.74. The molecule has 0 aliphatic carbocycles. The highest BCUT2D eigenvalue weighted by Gasteiger charge is 2.09. The van der Waals surface area contributed by atoms with Crippen molar-refractivity contribution >= 4 is 5.97 Å². The van der Waals surface area contributed by atoms with Crippen LogP contribution >= 0.6 is 0 Å². The van der Waals surface area contributed by atoms with Crippen LogP contribution in [0.25, 0.3) is 0 Å². The summed E-state index contributed by atoms with van der Waals surface area (Å²) in [6.07, 6.45) is 1.57. The Morgan fingerprint density at radius 1 is 1.14 bits per heavy atom. The molecule has 0 amide bonds. The molecule has 5 heteroatoms. The van der Waals surface area contributed by atoms with Crippen molar-refractivity contribution in [2.75, 3.05) is 19.8 Å². The molecule has 0 fully saturated rings. The van der Waals surface area contributed by atoms with Gasteiger partial charge in [-0.1, -0.05) is 6.07 Å². The highest BCUT2D eigenvalue weighted by Crippen LogP contribution is 2.19. The van der Waals surface area contributed by atoms with Crippen LogP contribution in [0.15, 0.2) is 35.9 Å². The molecule has 0 bridgehead atoms. The third-order valence-electron chi connectivity index (χ3n) is 2.73. The van der Waals surface area contributed by atoms with Gasteiger partial charge < -0.3 is 18.9 Å². The van der Waals surface area contributed by atoms with Crippen molar-refractivity contribution in [1.29, 1.82) is 0 Å². The molecular formula is C17H24O5. The van der Waals surface area contributed by atoms with Crippen LogP contribution in [0, 0.1) is 0 Å². The lowest BCUT2D eigenvalue weighted by Gasteiger charge is -2.17. The summed E-state index contributed by atoms with van der Waals surface area (Å²) >= 11 is 0. The van der Waals surface area contributed by atoms with Crippen LogP contribution in [-0.4, -0.2) is 32.1 Å². The first-order chi connectivity index (χ1) is 10.6. The lowest BCUT2D eigenvalue weighted by molar-refractivity contribution is -0.131. The van der Waals surface area contributed by atoms with Crippen molar-refractivity contribution in [3.05, 3.63) is 35.9 Å². The predicted molar refractivity (Wildman–Crippen MR) is 84.0 cm³/mol. The van der Waals surface area contributed by atoms with Crippen LogP contribution in [0.5, 0.6) is 11.5 Å². The zero-order valence-corrected chi connectivity index (χ0v) is 13.6. The van der Waals surface area contributed by atoms with E-state index in [2.05, 4.69) is 0 Å². The Morgan fingerprint density at radius 3 is 2.36 bits per heavy atom. The van der Waals surface area contributed by atoms with Crippen LogP contribution in [0.1, 0.15) is 27.7 Å². The molecule has 1 aromatic rings. The lowest BCUT2D eigenvalue weighted by atomic mass is 10.2. The van der Waals surface area contributed by atoms with E-state index in [4.69, 9.17) is 18.9 Å². The molecule has 0 atom stereocenters. The molecule has 0 saturated carbocycles. The summed E-state index contributed by atoms with van der Waals surface area (Å²) in [7, 11) is 0. The van der Waals surface area contributed by atoms with E-state index in [1.807, 2.05) is 26.8 Å². The largest absolute Gasteiger partial charge is 0.489 e. The Bertz CT molecular complexity index is 490. The van der Waals surface area contributed by atoms with Crippen molar-refractivity contribution in [3.8, 4) is 11.5 Å².